The molecule has 0 fully saturated rings. The first-order chi connectivity index (χ1) is 19.3. The molecule has 208 valence electrons. The molecule has 0 saturated heterocycles. The number of halogens is 1. The zero-order valence-corrected chi connectivity index (χ0v) is 23.4. The summed E-state index contributed by atoms with van der Waals surface area (Å²) in [6.45, 7) is 2.27. The molecule has 0 spiro atoms. The topological polar surface area (TPSA) is 140 Å². The van der Waals surface area contributed by atoms with Crippen LogP contribution in [0.25, 0.3) is 10.2 Å². The fourth-order valence-electron chi connectivity index (χ4n) is 4.48. The summed E-state index contributed by atoms with van der Waals surface area (Å²) in [7, 11) is 0. The number of anilines is 2. The van der Waals surface area contributed by atoms with E-state index in [2.05, 4.69) is 15.3 Å². The van der Waals surface area contributed by atoms with Crippen LogP contribution in [0.5, 0.6) is 5.75 Å². The Morgan fingerprint density at radius 3 is 2.77 bits per heavy atom. The number of carboxylic acid groups (broad SMARTS) is 1. The van der Waals surface area contributed by atoms with Gasteiger partial charge in [-0.05, 0) is 68.5 Å². The number of aryl methyl sites for hydroxylation is 1. The predicted molar refractivity (Wildman–Crippen MR) is 157 cm³/mol. The standard InChI is InChI=1S/C28H29FN6O3S2/c1-16-12-13-17(15-23(30)33-27-32-19-8-3-5-10-21(19)39-27)25(31)35(16)28-34-24(26(36)37)22(40-28)11-6-14-38-20-9-4-2-7-18(20)29/h2-5,7-10,15-16H,6,11-14,30-31H2,1H3,(H,32,33)(H,36,37)/b23-15+. The summed E-state index contributed by atoms with van der Waals surface area (Å²) in [6.07, 6.45) is 4.22. The van der Waals surface area contributed by atoms with Crippen molar-refractivity contribution in [1.29, 1.82) is 0 Å². The number of allylic oxidation sites excluding steroid dienone is 2. The third-order valence-electron chi connectivity index (χ3n) is 6.47. The highest BCUT2D eigenvalue weighted by molar-refractivity contribution is 7.22. The quantitative estimate of drug-likeness (QED) is 0.175. The van der Waals surface area contributed by atoms with Crippen molar-refractivity contribution in [2.75, 3.05) is 16.8 Å². The monoisotopic (exact) mass is 580 g/mol. The van der Waals surface area contributed by atoms with Gasteiger partial charge in [0.25, 0.3) is 0 Å². The lowest BCUT2D eigenvalue weighted by Crippen LogP contribution is -2.40. The van der Waals surface area contributed by atoms with E-state index >= 15 is 0 Å². The molecule has 40 heavy (non-hydrogen) atoms. The Morgan fingerprint density at radius 2 is 2.00 bits per heavy atom. The van der Waals surface area contributed by atoms with Gasteiger partial charge in [0.1, 0.15) is 11.6 Å². The van der Waals surface area contributed by atoms with Crippen LogP contribution in [0.4, 0.5) is 14.7 Å². The van der Waals surface area contributed by atoms with E-state index in [1.165, 1.54) is 28.7 Å². The van der Waals surface area contributed by atoms with E-state index in [9.17, 15) is 14.3 Å². The number of aromatic carboxylic acids is 1. The lowest BCUT2D eigenvalue weighted by atomic mass is 10.00. The van der Waals surface area contributed by atoms with E-state index in [0.29, 0.717) is 46.0 Å². The summed E-state index contributed by atoms with van der Waals surface area (Å²) in [5, 5.41) is 14.1. The van der Waals surface area contributed by atoms with Gasteiger partial charge in [-0.2, -0.15) is 0 Å². The maximum atomic E-state index is 13.8. The molecule has 5 rings (SSSR count). The van der Waals surface area contributed by atoms with Crippen molar-refractivity contribution in [1.82, 2.24) is 9.97 Å². The molecule has 9 nitrogen and oxygen atoms in total. The Morgan fingerprint density at radius 1 is 1.23 bits per heavy atom. The average molecular weight is 581 g/mol. The zero-order valence-electron chi connectivity index (χ0n) is 21.8. The van der Waals surface area contributed by atoms with E-state index < -0.39 is 11.8 Å². The first kappa shape index (κ1) is 27.4. The molecular formula is C28H29FN6O3S2. The highest BCUT2D eigenvalue weighted by Crippen LogP contribution is 2.36. The number of nitrogens with zero attached hydrogens (tertiary/aromatic N) is 3. The second-order valence-electron chi connectivity index (χ2n) is 9.34. The molecular weight excluding hydrogens is 551 g/mol. The van der Waals surface area contributed by atoms with E-state index in [1.807, 2.05) is 36.1 Å². The van der Waals surface area contributed by atoms with Crippen LogP contribution in [0.2, 0.25) is 0 Å². The average Bonchev–Trinajstić information content (AvgIpc) is 3.53. The summed E-state index contributed by atoms with van der Waals surface area (Å²) in [6, 6.07) is 14.0. The van der Waals surface area contributed by atoms with Gasteiger partial charge in [-0.25, -0.2) is 19.2 Å². The molecule has 1 atom stereocenters. The molecule has 12 heteroatoms. The molecule has 3 heterocycles. The molecule has 1 aliphatic heterocycles. The van der Waals surface area contributed by atoms with Gasteiger partial charge < -0.3 is 31.5 Å². The molecule has 2 aromatic carbocycles. The van der Waals surface area contributed by atoms with Gasteiger partial charge in [0, 0.05) is 10.9 Å². The first-order valence-electron chi connectivity index (χ1n) is 12.8. The number of carbonyl (C=O) groups is 1. The number of hydrogen-bond acceptors (Lipinski definition) is 10. The number of ether oxygens (including phenoxy) is 1. The molecule has 1 unspecified atom stereocenters. The van der Waals surface area contributed by atoms with E-state index in [1.54, 1.807) is 24.3 Å². The van der Waals surface area contributed by atoms with Gasteiger partial charge >= 0.3 is 5.97 Å². The number of nitrogens with one attached hydrogen (secondary N) is 1. The largest absolute Gasteiger partial charge is 0.491 e. The lowest BCUT2D eigenvalue weighted by molar-refractivity contribution is 0.0690. The van der Waals surface area contributed by atoms with Crippen molar-refractivity contribution in [3.8, 4) is 5.75 Å². The number of benzene rings is 2. The number of fused-ring (bicyclic) bond motifs is 1. The summed E-state index contributed by atoms with van der Waals surface area (Å²) >= 11 is 2.80. The van der Waals surface area contributed by atoms with E-state index in [4.69, 9.17) is 16.2 Å². The molecule has 4 aromatic rings. The van der Waals surface area contributed by atoms with Crippen LogP contribution >= 0.6 is 22.7 Å². The highest BCUT2D eigenvalue weighted by atomic mass is 32.1. The predicted octanol–water partition coefficient (Wildman–Crippen LogP) is 5.67. The fourth-order valence-corrected chi connectivity index (χ4v) is 6.58. The minimum Gasteiger partial charge on any atom is -0.491 e. The van der Waals surface area contributed by atoms with E-state index in [-0.39, 0.29) is 24.1 Å². The van der Waals surface area contributed by atoms with Crippen molar-refractivity contribution >= 4 is 49.1 Å². The van der Waals surface area contributed by atoms with Crippen LogP contribution < -0.4 is 26.4 Å². The Labute approximate surface area is 238 Å². The highest BCUT2D eigenvalue weighted by Gasteiger charge is 2.29. The molecule has 0 amide bonds. The van der Waals surface area contributed by atoms with Crippen molar-refractivity contribution in [2.45, 2.75) is 38.6 Å². The minimum atomic E-state index is -1.11. The molecule has 2 aromatic heterocycles. The van der Waals surface area contributed by atoms with Crippen molar-refractivity contribution < 1.29 is 19.0 Å². The SMILES string of the molecule is CC1CCC(/C=C(\N)Nc2nc3ccccc3s2)=C(N)N1c1nc(C(=O)O)c(CCCOc2ccccc2F)s1. The summed E-state index contributed by atoms with van der Waals surface area (Å²) in [5.74, 6) is -0.483. The van der Waals surface area contributed by atoms with Crippen LogP contribution in [0.15, 0.2) is 71.8 Å². The molecule has 0 bridgehead atoms. The second-order valence-corrected chi connectivity index (χ2v) is 11.4. The fraction of sp³-hybridized carbons (Fsp3) is 0.250. The third kappa shape index (κ3) is 6.02. The Kier molecular flexibility index (Phi) is 8.17. The molecule has 0 aliphatic carbocycles. The normalized spacial score (nSPS) is 16.0. The van der Waals surface area contributed by atoms with Gasteiger partial charge in [0.15, 0.2) is 27.5 Å². The number of thiazole rings is 2. The Bertz CT molecular complexity index is 1560. The third-order valence-corrected chi connectivity index (χ3v) is 8.54. The Hall–Kier alpha value is -4.16. The maximum absolute atomic E-state index is 13.8. The van der Waals surface area contributed by atoms with Crippen molar-refractivity contribution in [2.24, 2.45) is 11.5 Å². The van der Waals surface area contributed by atoms with Gasteiger partial charge in [0.05, 0.1) is 16.8 Å². The van der Waals surface area contributed by atoms with Crippen molar-refractivity contribution in [3.05, 3.63) is 88.2 Å². The summed E-state index contributed by atoms with van der Waals surface area (Å²) in [4.78, 5) is 23.5. The smallest absolute Gasteiger partial charge is 0.355 e. The number of aromatic nitrogens is 2. The molecule has 0 radical (unpaired) electrons. The van der Waals surface area contributed by atoms with Crippen molar-refractivity contribution in [3.63, 3.8) is 0 Å². The molecule has 0 saturated carbocycles. The number of nitrogens with two attached hydrogens (primary N) is 2. The van der Waals surface area contributed by atoms with Crippen LogP contribution in [-0.4, -0.2) is 33.7 Å². The van der Waals surface area contributed by atoms with Crippen LogP contribution in [0.3, 0.4) is 0 Å². The zero-order chi connectivity index (χ0) is 28.2. The Balaban J connectivity index is 1.32. The minimum absolute atomic E-state index is 0.00873. The van der Waals surface area contributed by atoms with Crippen LogP contribution in [-0.2, 0) is 6.42 Å². The maximum Gasteiger partial charge on any atom is 0.355 e. The second kappa shape index (κ2) is 11.9. The van der Waals surface area contributed by atoms with E-state index in [0.717, 1.165) is 22.2 Å². The molecule has 1 aliphatic rings. The van der Waals surface area contributed by atoms with Gasteiger partial charge in [0.2, 0.25) is 0 Å². The van der Waals surface area contributed by atoms with Crippen LogP contribution in [0, 0.1) is 5.82 Å². The number of hydrogen-bond donors (Lipinski definition) is 4. The van der Waals surface area contributed by atoms with Gasteiger partial charge in [-0.1, -0.05) is 35.6 Å². The summed E-state index contributed by atoms with van der Waals surface area (Å²) in [5.41, 5.74) is 14.6. The van der Waals surface area contributed by atoms with Crippen LogP contribution in [0.1, 0.15) is 41.6 Å². The van der Waals surface area contributed by atoms with Gasteiger partial charge in [-0.15, -0.1) is 11.3 Å². The molecule has 6 N–H and O–H groups in total. The first-order valence-corrected chi connectivity index (χ1v) is 14.4. The summed E-state index contributed by atoms with van der Waals surface area (Å²) < 4.78 is 20.4. The lowest BCUT2D eigenvalue weighted by Gasteiger charge is -2.34. The van der Waals surface area contributed by atoms with Gasteiger partial charge in [-0.3, -0.25) is 0 Å². The number of rotatable bonds is 10. The number of para-hydroxylation sites is 2. The number of carboxylic acids is 1.